The maximum absolute atomic E-state index is 13.2. The Bertz CT molecular complexity index is 1480. The van der Waals surface area contributed by atoms with Crippen LogP contribution in [0.15, 0.2) is 66.9 Å². The summed E-state index contributed by atoms with van der Waals surface area (Å²) in [5.41, 5.74) is 3.66. The summed E-state index contributed by atoms with van der Waals surface area (Å²) in [6.45, 7) is 2.18. The van der Waals surface area contributed by atoms with E-state index in [1.165, 1.54) is 0 Å². The lowest BCUT2D eigenvalue weighted by molar-refractivity contribution is -0.136. The number of anilines is 1. The highest BCUT2D eigenvalue weighted by Crippen LogP contribution is 2.28. The number of rotatable bonds is 9. The van der Waals surface area contributed by atoms with Crippen molar-refractivity contribution in [1.82, 2.24) is 20.1 Å². The third-order valence-corrected chi connectivity index (χ3v) is 6.29. The normalized spacial score (nSPS) is 10.7. The molecule has 0 aliphatic rings. The van der Waals surface area contributed by atoms with Crippen molar-refractivity contribution in [3.63, 3.8) is 0 Å². The van der Waals surface area contributed by atoms with Crippen LogP contribution in [0.25, 0.3) is 11.3 Å². The van der Waals surface area contributed by atoms with Gasteiger partial charge in [0, 0.05) is 23.9 Å². The first-order chi connectivity index (χ1) is 18.2. The molecule has 2 heterocycles. The Hall–Kier alpha value is -4.21. The average molecular weight is 552 g/mol. The predicted molar refractivity (Wildman–Crippen MR) is 145 cm³/mol. The van der Waals surface area contributed by atoms with Crippen LogP contribution >= 0.6 is 23.2 Å². The first-order valence-corrected chi connectivity index (χ1v) is 12.3. The van der Waals surface area contributed by atoms with E-state index in [0.717, 1.165) is 11.1 Å². The molecule has 2 amide bonds. The van der Waals surface area contributed by atoms with E-state index in [1.54, 1.807) is 65.5 Å². The van der Waals surface area contributed by atoms with Crippen molar-refractivity contribution < 1.29 is 19.5 Å². The Morgan fingerprint density at radius 2 is 1.71 bits per heavy atom. The van der Waals surface area contributed by atoms with E-state index in [1.807, 2.05) is 13.0 Å². The van der Waals surface area contributed by atoms with Crippen LogP contribution in [0.4, 0.5) is 5.82 Å². The third kappa shape index (κ3) is 6.76. The molecule has 0 radical (unpaired) electrons. The molecule has 0 aliphatic carbocycles. The number of aromatic nitrogens is 3. The van der Waals surface area contributed by atoms with Gasteiger partial charge in [-0.05, 0) is 54.4 Å². The lowest BCUT2D eigenvalue weighted by Crippen LogP contribution is -2.26. The number of benzene rings is 2. The first kappa shape index (κ1) is 26.8. The second-order valence-electron chi connectivity index (χ2n) is 8.47. The van der Waals surface area contributed by atoms with E-state index in [4.69, 9.17) is 28.3 Å². The lowest BCUT2D eigenvalue weighted by atomic mass is 10.1. The second kappa shape index (κ2) is 11.9. The van der Waals surface area contributed by atoms with Crippen LogP contribution in [0.5, 0.6) is 0 Å². The van der Waals surface area contributed by atoms with Gasteiger partial charge in [0.15, 0.2) is 0 Å². The molecule has 0 saturated carbocycles. The SMILES string of the molecule is Cc1ccc(NC(=O)c2cc(-c3ccc(Cl)c(Cl)c3)nn2Cc2ccc(C(=O)NCCC(=O)O)cc2)nc1. The molecule has 0 aliphatic heterocycles. The molecular weight excluding hydrogens is 529 g/mol. The molecule has 2 aromatic heterocycles. The van der Waals surface area contributed by atoms with Crippen LogP contribution in [-0.2, 0) is 11.3 Å². The number of carboxylic acid groups (broad SMARTS) is 1. The standard InChI is InChI=1S/C27H23Cl2N5O4/c1-16-2-9-24(31-14-16)32-27(38)23-13-22(19-7-8-20(28)21(29)12-19)33-34(23)15-17-3-5-18(6-4-17)26(37)30-11-10-25(35)36/h2-9,12-14H,10-11,15H2,1H3,(H,30,37)(H,35,36)(H,31,32,38). The van der Waals surface area contributed by atoms with Crippen LogP contribution in [0.2, 0.25) is 10.0 Å². The minimum atomic E-state index is -0.988. The van der Waals surface area contributed by atoms with Gasteiger partial charge in [0.25, 0.3) is 11.8 Å². The maximum Gasteiger partial charge on any atom is 0.305 e. The fourth-order valence-corrected chi connectivity index (χ4v) is 3.86. The topological polar surface area (TPSA) is 126 Å². The van der Waals surface area contributed by atoms with Crippen molar-refractivity contribution in [2.24, 2.45) is 0 Å². The van der Waals surface area contributed by atoms with Gasteiger partial charge in [-0.1, -0.05) is 47.5 Å². The van der Waals surface area contributed by atoms with E-state index in [-0.39, 0.29) is 25.4 Å². The minimum absolute atomic E-state index is 0.0367. The van der Waals surface area contributed by atoms with Gasteiger partial charge in [-0.2, -0.15) is 5.10 Å². The summed E-state index contributed by atoms with van der Waals surface area (Å²) >= 11 is 12.3. The minimum Gasteiger partial charge on any atom is -0.481 e. The molecule has 0 fully saturated rings. The number of aliphatic carboxylic acids is 1. The number of carboxylic acids is 1. The van der Waals surface area contributed by atoms with Crippen molar-refractivity contribution in [2.75, 3.05) is 11.9 Å². The molecule has 2 aromatic carbocycles. The Morgan fingerprint density at radius 3 is 2.37 bits per heavy atom. The molecule has 0 atom stereocenters. The van der Waals surface area contributed by atoms with Crippen molar-refractivity contribution in [3.8, 4) is 11.3 Å². The Balaban J connectivity index is 1.59. The van der Waals surface area contributed by atoms with Gasteiger partial charge in [0.05, 0.1) is 28.7 Å². The molecular formula is C27H23Cl2N5O4. The van der Waals surface area contributed by atoms with Crippen molar-refractivity contribution in [1.29, 1.82) is 0 Å². The number of nitrogens with one attached hydrogen (secondary N) is 2. The quantitative estimate of drug-likeness (QED) is 0.266. The highest BCUT2D eigenvalue weighted by Gasteiger charge is 2.18. The number of hydrogen-bond acceptors (Lipinski definition) is 5. The summed E-state index contributed by atoms with van der Waals surface area (Å²) in [7, 11) is 0. The number of hydrogen-bond donors (Lipinski definition) is 3. The Labute approximate surface area is 228 Å². The fraction of sp³-hybridized carbons (Fsp3) is 0.148. The molecule has 194 valence electrons. The molecule has 11 heteroatoms. The van der Waals surface area contributed by atoms with Gasteiger partial charge < -0.3 is 15.7 Å². The van der Waals surface area contributed by atoms with Gasteiger partial charge in [0.2, 0.25) is 0 Å². The molecule has 3 N–H and O–H groups in total. The molecule has 4 rings (SSSR count). The molecule has 38 heavy (non-hydrogen) atoms. The van der Waals surface area contributed by atoms with Gasteiger partial charge in [-0.15, -0.1) is 0 Å². The number of carbonyl (C=O) groups is 3. The van der Waals surface area contributed by atoms with Crippen LogP contribution in [-0.4, -0.2) is 44.2 Å². The van der Waals surface area contributed by atoms with E-state index >= 15 is 0 Å². The summed E-state index contributed by atoms with van der Waals surface area (Å²) in [4.78, 5) is 40.3. The van der Waals surface area contributed by atoms with Crippen LogP contribution < -0.4 is 10.6 Å². The smallest absolute Gasteiger partial charge is 0.305 e. The third-order valence-electron chi connectivity index (χ3n) is 5.55. The van der Waals surface area contributed by atoms with E-state index < -0.39 is 11.9 Å². The molecule has 4 aromatic rings. The predicted octanol–water partition coefficient (Wildman–Crippen LogP) is 5.07. The van der Waals surface area contributed by atoms with E-state index in [9.17, 15) is 14.4 Å². The monoisotopic (exact) mass is 551 g/mol. The first-order valence-electron chi connectivity index (χ1n) is 11.6. The van der Waals surface area contributed by atoms with Gasteiger partial charge in [-0.3, -0.25) is 19.1 Å². The Morgan fingerprint density at radius 1 is 0.947 bits per heavy atom. The zero-order chi connectivity index (χ0) is 27.2. The van der Waals surface area contributed by atoms with Crippen molar-refractivity contribution in [3.05, 3.63) is 99.3 Å². The zero-order valence-corrected chi connectivity index (χ0v) is 21.8. The summed E-state index contributed by atoms with van der Waals surface area (Å²) in [5.74, 6) is -1.35. The number of pyridine rings is 1. The van der Waals surface area contributed by atoms with Crippen molar-refractivity contribution in [2.45, 2.75) is 19.9 Å². The number of carbonyl (C=O) groups excluding carboxylic acids is 2. The van der Waals surface area contributed by atoms with Gasteiger partial charge in [-0.25, -0.2) is 4.98 Å². The van der Waals surface area contributed by atoms with Crippen molar-refractivity contribution >= 4 is 46.8 Å². The summed E-state index contributed by atoms with van der Waals surface area (Å²) in [5, 5.41) is 19.5. The van der Waals surface area contributed by atoms with Crippen LogP contribution in [0, 0.1) is 6.92 Å². The summed E-state index contributed by atoms with van der Waals surface area (Å²) in [6.07, 6.45) is 1.50. The molecule has 0 bridgehead atoms. The van der Waals surface area contributed by atoms with E-state index in [0.29, 0.717) is 38.4 Å². The van der Waals surface area contributed by atoms with Gasteiger partial charge >= 0.3 is 5.97 Å². The number of nitrogens with zero attached hydrogens (tertiary/aromatic N) is 3. The molecule has 9 nitrogen and oxygen atoms in total. The Kier molecular flexibility index (Phi) is 8.40. The number of aryl methyl sites for hydroxylation is 1. The highest BCUT2D eigenvalue weighted by molar-refractivity contribution is 6.42. The second-order valence-corrected chi connectivity index (χ2v) is 9.29. The summed E-state index contributed by atoms with van der Waals surface area (Å²) in [6, 6.07) is 17.1. The largest absolute Gasteiger partial charge is 0.481 e. The molecule has 0 unspecified atom stereocenters. The summed E-state index contributed by atoms with van der Waals surface area (Å²) < 4.78 is 1.56. The van der Waals surface area contributed by atoms with Crippen LogP contribution in [0.3, 0.4) is 0 Å². The van der Waals surface area contributed by atoms with Crippen LogP contribution in [0.1, 0.15) is 38.4 Å². The van der Waals surface area contributed by atoms with Gasteiger partial charge in [0.1, 0.15) is 11.5 Å². The molecule has 0 spiro atoms. The maximum atomic E-state index is 13.2. The number of halogens is 2. The fourth-order valence-electron chi connectivity index (χ4n) is 3.56. The molecule has 0 saturated heterocycles. The highest BCUT2D eigenvalue weighted by atomic mass is 35.5. The zero-order valence-electron chi connectivity index (χ0n) is 20.2. The van der Waals surface area contributed by atoms with E-state index in [2.05, 4.69) is 20.7 Å². The number of amides is 2. The average Bonchev–Trinajstić information content (AvgIpc) is 3.31. The lowest BCUT2D eigenvalue weighted by Gasteiger charge is -2.09.